The number of aliphatic hydroxyl groups excluding tert-OH is 1. The molecule has 1 amide bonds. The SMILES string of the molecule is CNc1cc(Cl)nc(/C(=C\N)C(=O)NC2CCC2)n1.CO. The van der Waals surface area contributed by atoms with Crippen LogP contribution in [-0.2, 0) is 4.79 Å². The summed E-state index contributed by atoms with van der Waals surface area (Å²) in [5, 5.41) is 13.0. The first-order valence-electron chi connectivity index (χ1n) is 6.54. The highest BCUT2D eigenvalue weighted by atomic mass is 35.5. The second-order valence-corrected chi connectivity index (χ2v) is 4.72. The highest BCUT2D eigenvalue weighted by molar-refractivity contribution is 6.30. The largest absolute Gasteiger partial charge is 0.404 e. The normalized spacial score (nSPS) is 14.6. The Hall–Kier alpha value is -1.86. The molecule has 1 aromatic rings. The zero-order valence-corrected chi connectivity index (χ0v) is 12.8. The molecule has 1 aliphatic carbocycles. The maximum absolute atomic E-state index is 12.1. The fourth-order valence-electron chi connectivity index (χ4n) is 1.73. The number of nitrogens with zero attached hydrogens (tertiary/aromatic N) is 2. The number of carbonyl (C=O) groups excluding carboxylic acids is 1. The second kappa shape index (κ2) is 8.43. The first kappa shape index (κ1) is 17.2. The fraction of sp³-hybridized carbons (Fsp3) is 0.462. The zero-order valence-electron chi connectivity index (χ0n) is 12.1. The van der Waals surface area contributed by atoms with E-state index in [2.05, 4.69) is 20.6 Å². The average Bonchev–Trinajstić information content (AvgIpc) is 2.45. The van der Waals surface area contributed by atoms with Crippen LogP contribution in [0, 0.1) is 0 Å². The lowest BCUT2D eigenvalue weighted by Crippen LogP contribution is -2.40. The summed E-state index contributed by atoms with van der Waals surface area (Å²) < 4.78 is 0. The molecule has 8 heteroatoms. The minimum absolute atomic E-state index is 0.219. The molecule has 1 aliphatic rings. The highest BCUT2D eigenvalue weighted by Gasteiger charge is 2.23. The molecular weight excluding hydrogens is 294 g/mol. The number of aliphatic hydroxyl groups is 1. The molecule has 1 heterocycles. The third-order valence-electron chi connectivity index (χ3n) is 3.04. The number of anilines is 1. The van der Waals surface area contributed by atoms with Gasteiger partial charge in [-0.25, -0.2) is 9.97 Å². The van der Waals surface area contributed by atoms with Crippen LogP contribution in [0.2, 0.25) is 5.15 Å². The average molecular weight is 314 g/mol. The summed E-state index contributed by atoms with van der Waals surface area (Å²) in [6, 6.07) is 1.80. The first-order chi connectivity index (χ1) is 10.1. The third kappa shape index (κ3) is 4.57. The van der Waals surface area contributed by atoms with Crippen molar-refractivity contribution in [1.82, 2.24) is 15.3 Å². The van der Waals surface area contributed by atoms with Crippen LogP contribution in [0.15, 0.2) is 12.3 Å². The van der Waals surface area contributed by atoms with Crippen LogP contribution in [-0.4, -0.2) is 41.2 Å². The number of carbonyl (C=O) groups is 1. The van der Waals surface area contributed by atoms with Gasteiger partial charge >= 0.3 is 0 Å². The highest BCUT2D eigenvalue weighted by Crippen LogP contribution is 2.21. The van der Waals surface area contributed by atoms with Gasteiger partial charge < -0.3 is 21.5 Å². The van der Waals surface area contributed by atoms with Crippen LogP contribution < -0.4 is 16.4 Å². The number of hydrogen-bond acceptors (Lipinski definition) is 6. The lowest BCUT2D eigenvalue weighted by atomic mass is 9.93. The minimum atomic E-state index is -0.267. The van der Waals surface area contributed by atoms with Gasteiger partial charge in [0, 0.05) is 32.5 Å². The van der Waals surface area contributed by atoms with Crippen LogP contribution in [0.3, 0.4) is 0 Å². The molecule has 1 aromatic heterocycles. The lowest BCUT2D eigenvalue weighted by Gasteiger charge is -2.26. The van der Waals surface area contributed by atoms with Crippen LogP contribution in [0.4, 0.5) is 5.82 Å². The van der Waals surface area contributed by atoms with Crippen molar-refractivity contribution in [2.24, 2.45) is 5.73 Å². The maximum Gasteiger partial charge on any atom is 0.256 e. The summed E-state index contributed by atoms with van der Waals surface area (Å²) in [4.78, 5) is 20.3. The van der Waals surface area contributed by atoms with E-state index in [4.69, 9.17) is 22.4 Å². The molecule has 0 bridgehead atoms. The molecular formula is C13H20ClN5O2. The predicted molar refractivity (Wildman–Crippen MR) is 82.7 cm³/mol. The minimum Gasteiger partial charge on any atom is -0.404 e. The summed E-state index contributed by atoms with van der Waals surface area (Å²) in [6.07, 6.45) is 4.35. The van der Waals surface area contributed by atoms with Crippen LogP contribution in [0.25, 0.3) is 5.57 Å². The second-order valence-electron chi connectivity index (χ2n) is 4.33. The van der Waals surface area contributed by atoms with Gasteiger partial charge in [-0.05, 0) is 19.3 Å². The topological polar surface area (TPSA) is 113 Å². The van der Waals surface area contributed by atoms with Gasteiger partial charge in [-0.3, -0.25) is 4.79 Å². The van der Waals surface area contributed by atoms with Crippen LogP contribution >= 0.6 is 11.6 Å². The fourth-order valence-corrected chi connectivity index (χ4v) is 1.92. The smallest absolute Gasteiger partial charge is 0.256 e. The molecule has 2 rings (SSSR count). The molecule has 21 heavy (non-hydrogen) atoms. The van der Waals surface area contributed by atoms with Crippen molar-refractivity contribution < 1.29 is 9.90 Å². The summed E-state index contributed by atoms with van der Waals surface area (Å²) in [6.45, 7) is 0. The molecule has 116 valence electrons. The Labute approximate surface area is 128 Å². The number of aromatic nitrogens is 2. The van der Waals surface area contributed by atoms with E-state index in [1.54, 1.807) is 13.1 Å². The molecule has 0 saturated heterocycles. The Balaban J connectivity index is 0.00000106. The maximum atomic E-state index is 12.1. The number of nitrogens with one attached hydrogen (secondary N) is 2. The van der Waals surface area contributed by atoms with Crippen molar-refractivity contribution in [2.45, 2.75) is 25.3 Å². The van der Waals surface area contributed by atoms with Crippen LogP contribution in [0.5, 0.6) is 0 Å². The summed E-state index contributed by atoms with van der Waals surface area (Å²) in [5.74, 6) is 0.485. The summed E-state index contributed by atoms with van der Waals surface area (Å²) in [7, 11) is 2.71. The van der Waals surface area contributed by atoms with Gasteiger partial charge in [-0.15, -0.1) is 0 Å². The van der Waals surface area contributed by atoms with Gasteiger partial charge in [0.1, 0.15) is 11.0 Å². The van der Waals surface area contributed by atoms with E-state index in [0.29, 0.717) is 5.82 Å². The summed E-state index contributed by atoms with van der Waals surface area (Å²) in [5.41, 5.74) is 5.74. The standard InChI is InChI=1S/C12H16ClN5O.CH4O/c1-15-10-5-9(13)17-11(18-10)8(6-14)12(19)16-7-3-2-4-7;1-2/h5-7H,2-4,14H2,1H3,(H,16,19)(H,15,17,18);2H,1H3/b8-6+;. The van der Waals surface area contributed by atoms with Crippen molar-refractivity contribution in [2.75, 3.05) is 19.5 Å². The number of amides is 1. The Bertz CT molecular complexity index is 517. The Morgan fingerprint density at radius 2 is 2.14 bits per heavy atom. The Morgan fingerprint density at radius 1 is 1.48 bits per heavy atom. The molecule has 7 nitrogen and oxygen atoms in total. The van der Waals surface area contributed by atoms with Gasteiger partial charge in [0.25, 0.3) is 5.91 Å². The van der Waals surface area contributed by atoms with Crippen molar-refractivity contribution in [3.63, 3.8) is 0 Å². The molecule has 0 radical (unpaired) electrons. The van der Waals surface area contributed by atoms with E-state index >= 15 is 0 Å². The van der Waals surface area contributed by atoms with Crippen molar-refractivity contribution in [3.05, 3.63) is 23.2 Å². The van der Waals surface area contributed by atoms with E-state index < -0.39 is 0 Å². The molecule has 0 aromatic carbocycles. The van der Waals surface area contributed by atoms with Crippen molar-refractivity contribution in [3.8, 4) is 0 Å². The third-order valence-corrected chi connectivity index (χ3v) is 3.24. The number of nitrogens with two attached hydrogens (primary N) is 1. The quantitative estimate of drug-likeness (QED) is 0.482. The van der Waals surface area contributed by atoms with E-state index in [1.165, 1.54) is 6.20 Å². The first-order valence-corrected chi connectivity index (χ1v) is 6.92. The molecule has 0 atom stereocenters. The predicted octanol–water partition coefficient (Wildman–Crippen LogP) is 0.748. The number of hydrogen-bond donors (Lipinski definition) is 4. The van der Waals surface area contributed by atoms with E-state index in [-0.39, 0.29) is 28.5 Å². The van der Waals surface area contributed by atoms with Gasteiger partial charge in [0.2, 0.25) is 0 Å². The Morgan fingerprint density at radius 3 is 2.62 bits per heavy atom. The van der Waals surface area contributed by atoms with Gasteiger partial charge in [-0.2, -0.15) is 0 Å². The zero-order chi connectivity index (χ0) is 15.8. The van der Waals surface area contributed by atoms with E-state index in [1.807, 2.05) is 0 Å². The van der Waals surface area contributed by atoms with Gasteiger partial charge in [-0.1, -0.05) is 11.6 Å². The van der Waals surface area contributed by atoms with Crippen molar-refractivity contribution >= 4 is 28.9 Å². The molecule has 1 saturated carbocycles. The number of halogens is 1. The van der Waals surface area contributed by atoms with E-state index in [0.717, 1.165) is 26.4 Å². The molecule has 5 N–H and O–H groups in total. The van der Waals surface area contributed by atoms with Crippen molar-refractivity contribution in [1.29, 1.82) is 0 Å². The Kier molecular flexibility index (Phi) is 6.90. The van der Waals surface area contributed by atoms with Gasteiger partial charge in [0.05, 0.1) is 5.57 Å². The van der Waals surface area contributed by atoms with Crippen LogP contribution in [0.1, 0.15) is 25.1 Å². The monoisotopic (exact) mass is 313 g/mol. The molecule has 0 unspecified atom stereocenters. The molecule has 1 fully saturated rings. The lowest BCUT2D eigenvalue weighted by molar-refractivity contribution is -0.116. The number of rotatable bonds is 4. The van der Waals surface area contributed by atoms with E-state index in [9.17, 15) is 4.79 Å². The summed E-state index contributed by atoms with van der Waals surface area (Å²) >= 11 is 5.89. The molecule has 0 spiro atoms. The van der Waals surface area contributed by atoms with Gasteiger partial charge in [0.15, 0.2) is 5.82 Å². The molecule has 0 aliphatic heterocycles.